The van der Waals surface area contributed by atoms with Gasteiger partial charge in [-0.15, -0.1) is 11.3 Å². The highest BCUT2D eigenvalue weighted by atomic mass is 35.5. The number of hydrogen-bond donors (Lipinski definition) is 2. The molecule has 146 valence electrons. The van der Waals surface area contributed by atoms with Gasteiger partial charge in [-0.1, -0.05) is 35.6 Å². The van der Waals surface area contributed by atoms with Crippen molar-refractivity contribution < 1.29 is 23.1 Å². The molecule has 0 spiro atoms. The summed E-state index contributed by atoms with van der Waals surface area (Å²) >= 11 is 6.82. The van der Waals surface area contributed by atoms with E-state index in [0.717, 1.165) is 15.6 Å². The van der Waals surface area contributed by atoms with Crippen molar-refractivity contribution in [1.29, 1.82) is 0 Å². The summed E-state index contributed by atoms with van der Waals surface area (Å²) in [6, 6.07) is 8.11. The van der Waals surface area contributed by atoms with Crippen LogP contribution >= 0.6 is 22.9 Å². The molecule has 2 N–H and O–H groups in total. The highest BCUT2D eigenvalue weighted by Gasteiger charge is 2.48. The summed E-state index contributed by atoms with van der Waals surface area (Å²) < 4.78 is 26.5. The number of ketones is 1. The average molecular weight is 439 g/mol. The predicted octanol–water partition coefficient (Wildman–Crippen LogP) is 1.39. The third kappa shape index (κ3) is 3.77. The predicted molar refractivity (Wildman–Crippen MR) is 107 cm³/mol. The van der Waals surface area contributed by atoms with Crippen LogP contribution in [-0.2, 0) is 21.4 Å². The van der Waals surface area contributed by atoms with E-state index in [1.807, 2.05) is 0 Å². The Kier molecular flexibility index (Phi) is 5.76. The van der Waals surface area contributed by atoms with Crippen molar-refractivity contribution in [3.8, 4) is 11.8 Å². The number of carbonyl (C=O) groups is 2. The molecule has 2 heterocycles. The van der Waals surface area contributed by atoms with Crippen molar-refractivity contribution in [2.24, 2.45) is 0 Å². The Hall–Kier alpha value is -2.38. The number of nitrogens with one attached hydrogen (secondary N) is 1. The van der Waals surface area contributed by atoms with Crippen LogP contribution in [0.4, 0.5) is 5.00 Å². The van der Waals surface area contributed by atoms with Gasteiger partial charge in [0.25, 0.3) is 10.0 Å². The van der Waals surface area contributed by atoms with E-state index in [2.05, 4.69) is 17.2 Å². The maximum absolute atomic E-state index is 12.8. The van der Waals surface area contributed by atoms with E-state index in [9.17, 15) is 18.0 Å². The van der Waals surface area contributed by atoms with Gasteiger partial charge in [-0.25, -0.2) is 8.42 Å². The number of hydrogen-bond acceptors (Lipinski definition) is 6. The number of aliphatic hydroxyl groups is 1. The zero-order chi connectivity index (χ0) is 20.5. The van der Waals surface area contributed by atoms with Crippen LogP contribution < -0.4 is 9.62 Å². The maximum atomic E-state index is 12.8. The van der Waals surface area contributed by atoms with Gasteiger partial charge in [-0.2, -0.15) is 0 Å². The van der Waals surface area contributed by atoms with E-state index < -0.39 is 27.0 Å². The second-order valence-corrected chi connectivity index (χ2v) is 9.41. The number of nitrogens with zero attached hydrogens (tertiary/aromatic N) is 1. The SMILES string of the molecule is CN1c2sc(C#CCO)cc2C(=O)C(C(=O)NCc2ccc(Cl)cc2)S1(=O)=O. The molecule has 1 aromatic carbocycles. The monoisotopic (exact) mass is 438 g/mol. The van der Waals surface area contributed by atoms with Crippen LogP contribution in [-0.4, -0.2) is 44.1 Å². The molecule has 1 atom stereocenters. The smallest absolute Gasteiger partial charge is 0.255 e. The van der Waals surface area contributed by atoms with Crippen molar-refractivity contribution in [3.05, 3.63) is 51.4 Å². The lowest BCUT2D eigenvalue weighted by Gasteiger charge is -2.28. The Labute approximate surface area is 171 Å². The third-order valence-electron chi connectivity index (χ3n) is 4.09. The molecular formula is C18H15ClN2O5S2. The minimum absolute atomic E-state index is 0.0583. The van der Waals surface area contributed by atoms with Gasteiger partial charge in [0.1, 0.15) is 11.6 Å². The molecule has 7 nitrogen and oxygen atoms in total. The Morgan fingerprint density at radius 3 is 2.68 bits per heavy atom. The Balaban J connectivity index is 1.88. The van der Waals surface area contributed by atoms with Crippen LogP contribution in [0.1, 0.15) is 20.8 Å². The molecule has 1 aliphatic rings. The second-order valence-electron chi connectivity index (χ2n) is 5.89. The summed E-state index contributed by atoms with van der Waals surface area (Å²) in [5, 5.41) is 10.2. The molecule has 1 aromatic heterocycles. The molecule has 1 unspecified atom stereocenters. The fraction of sp³-hybridized carbons (Fsp3) is 0.222. The lowest BCUT2D eigenvalue weighted by Crippen LogP contribution is -2.52. The van der Waals surface area contributed by atoms with Crippen LogP contribution in [0, 0.1) is 11.8 Å². The van der Waals surface area contributed by atoms with Crippen LogP contribution in [0.2, 0.25) is 5.02 Å². The number of sulfonamides is 1. The highest BCUT2D eigenvalue weighted by Crippen LogP contribution is 2.38. The van der Waals surface area contributed by atoms with Crippen molar-refractivity contribution in [1.82, 2.24) is 5.32 Å². The number of amides is 1. The number of benzene rings is 1. The molecule has 1 aliphatic heterocycles. The van der Waals surface area contributed by atoms with Gasteiger partial charge in [0, 0.05) is 18.6 Å². The molecule has 0 radical (unpaired) electrons. The molecule has 2 aromatic rings. The standard InChI is InChI=1S/C18H15ClN2O5S2/c1-21-18-14(9-13(27-18)3-2-8-22)15(23)16(28(21,25)26)17(24)20-10-11-4-6-12(19)7-5-11/h4-7,9,16,22H,8,10H2,1H3,(H,20,24). The highest BCUT2D eigenvalue weighted by molar-refractivity contribution is 7.95. The summed E-state index contributed by atoms with van der Waals surface area (Å²) in [6.07, 6.45) is 0. The van der Waals surface area contributed by atoms with Gasteiger partial charge in [0.2, 0.25) is 11.2 Å². The molecule has 28 heavy (non-hydrogen) atoms. The van der Waals surface area contributed by atoms with E-state index in [4.69, 9.17) is 16.7 Å². The normalized spacial score (nSPS) is 17.5. The van der Waals surface area contributed by atoms with E-state index in [-0.39, 0.29) is 23.7 Å². The Morgan fingerprint density at radius 1 is 1.36 bits per heavy atom. The molecule has 0 saturated carbocycles. The van der Waals surface area contributed by atoms with Crippen LogP contribution in [0.5, 0.6) is 0 Å². The fourth-order valence-corrected chi connectivity index (χ4v) is 5.52. The lowest BCUT2D eigenvalue weighted by molar-refractivity contribution is -0.120. The number of rotatable bonds is 3. The zero-order valence-corrected chi connectivity index (χ0v) is 17.0. The van der Waals surface area contributed by atoms with Crippen LogP contribution in [0.15, 0.2) is 30.3 Å². The quantitative estimate of drug-likeness (QED) is 0.556. The zero-order valence-electron chi connectivity index (χ0n) is 14.6. The molecular weight excluding hydrogens is 424 g/mol. The van der Waals surface area contributed by atoms with Crippen molar-refractivity contribution in [2.75, 3.05) is 18.0 Å². The number of anilines is 1. The number of fused-ring (bicyclic) bond motifs is 1. The van der Waals surface area contributed by atoms with Gasteiger partial charge in [0.15, 0.2) is 5.78 Å². The van der Waals surface area contributed by atoms with Crippen molar-refractivity contribution in [2.45, 2.75) is 11.8 Å². The molecule has 1 amide bonds. The van der Waals surface area contributed by atoms with Gasteiger partial charge in [-0.3, -0.25) is 13.9 Å². The fourth-order valence-electron chi connectivity index (χ4n) is 2.67. The lowest BCUT2D eigenvalue weighted by atomic mass is 10.1. The average Bonchev–Trinajstić information content (AvgIpc) is 3.08. The summed E-state index contributed by atoms with van der Waals surface area (Å²) in [5.41, 5.74) is 0.834. The number of aliphatic hydroxyl groups excluding tert-OH is 1. The van der Waals surface area contributed by atoms with Crippen molar-refractivity contribution >= 4 is 49.7 Å². The molecule has 3 rings (SSSR count). The summed E-state index contributed by atoms with van der Waals surface area (Å²) in [5.74, 6) is 3.40. The van der Waals surface area contributed by atoms with Gasteiger partial charge >= 0.3 is 0 Å². The molecule has 10 heteroatoms. The third-order valence-corrected chi connectivity index (χ3v) is 7.55. The first-order valence-electron chi connectivity index (χ1n) is 8.03. The molecule has 0 saturated heterocycles. The van der Waals surface area contributed by atoms with E-state index in [1.165, 1.54) is 13.1 Å². The number of thiophene rings is 1. The number of halogens is 1. The largest absolute Gasteiger partial charge is 0.384 e. The van der Waals surface area contributed by atoms with E-state index in [0.29, 0.717) is 15.5 Å². The Morgan fingerprint density at radius 2 is 2.04 bits per heavy atom. The van der Waals surface area contributed by atoms with E-state index in [1.54, 1.807) is 24.3 Å². The topological polar surface area (TPSA) is 104 Å². The van der Waals surface area contributed by atoms with E-state index >= 15 is 0 Å². The number of Topliss-reactive ketones (excluding diaryl/α,β-unsaturated/α-hetero) is 1. The first kappa shape index (κ1) is 20.4. The van der Waals surface area contributed by atoms with Crippen molar-refractivity contribution in [3.63, 3.8) is 0 Å². The summed E-state index contributed by atoms with van der Waals surface area (Å²) in [7, 11) is -2.93. The summed E-state index contributed by atoms with van der Waals surface area (Å²) in [6.45, 7) is -0.302. The first-order chi connectivity index (χ1) is 13.3. The molecule has 0 aliphatic carbocycles. The van der Waals surface area contributed by atoms with Gasteiger partial charge < -0.3 is 10.4 Å². The van der Waals surface area contributed by atoms with Crippen LogP contribution in [0.25, 0.3) is 0 Å². The van der Waals surface area contributed by atoms with Gasteiger partial charge in [0.05, 0.1) is 10.4 Å². The minimum Gasteiger partial charge on any atom is -0.384 e. The summed E-state index contributed by atoms with van der Waals surface area (Å²) in [4.78, 5) is 25.8. The van der Waals surface area contributed by atoms with Crippen LogP contribution in [0.3, 0.4) is 0 Å². The molecule has 0 fully saturated rings. The van der Waals surface area contributed by atoms with Gasteiger partial charge in [-0.05, 0) is 23.8 Å². The Bertz CT molecular complexity index is 1100. The number of carbonyl (C=O) groups excluding carboxylic acids is 2. The second kappa shape index (κ2) is 7.93. The first-order valence-corrected chi connectivity index (χ1v) is 10.7. The maximum Gasteiger partial charge on any atom is 0.255 e. The minimum atomic E-state index is -4.22. The molecule has 0 bridgehead atoms.